The number of nitrogens with zero attached hydrogens (tertiary/aromatic N) is 2. The summed E-state index contributed by atoms with van der Waals surface area (Å²) in [6.45, 7) is 3.25. The molecule has 0 bridgehead atoms. The number of Topliss-reactive ketones (excluding diaryl/α,β-unsaturated/α-hetero) is 1. The highest BCUT2D eigenvalue weighted by Gasteiger charge is 2.30. The summed E-state index contributed by atoms with van der Waals surface area (Å²) in [7, 11) is 3.43. The van der Waals surface area contributed by atoms with Crippen LogP contribution in [0.5, 0.6) is 5.75 Å². The topological polar surface area (TPSA) is 32.8 Å². The van der Waals surface area contributed by atoms with Gasteiger partial charge in [-0.05, 0) is 12.1 Å². The molecule has 0 saturated heterocycles. The van der Waals surface area contributed by atoms with E-state index in [1.807, 2.05) is 31.6 Å². The first kappa shape index (κ1) is 14.4. The molecule has 0 fully saturated rings. The number of ketones is 1. The normalized spacial score (nSPS) is 13.0. The molecule has 1 aliphatic heterocycles. The molecular formula is C13H14BrN2O2. The third-order valence-corrected chi connectivity index (χ3v) is 2.48. The van der Waals surface area contributed by atoms with Crippen molar-refractivity contribution in [1.29, 1.82) is 0 Å². The highest BCUT2D eigenvalue weighted by molar-refractivity contribution is 6.00. The van der Waals surface area contributed by atoms with E-state index >= 15 is 0 Å². The molecule has 4 nitrogen and oxygen atoms in total. The second kappa shape index (κ2) is 6.35. The summed E-state index contributed by atoms with van der Waals surface area (Å²) in [5.74, 6) is 0.615. The van der Waals surface area contributed by atoms with Crippen molar-refractivity contribution in [3.05, 3.63) is 48.9 Å². The summed E-state index contributed by atoms with van der Waals surface area (Å²) in [5, 5.41) is 0. The first-order valence-corrected chi connectivity index (χ1v) is 5.31. The van der Waals surface area contributed by atoms with Gasteiger partial charge in [0.25, 0.3) is 0 Å². The lowest BCUT2D eigenvalue weighted by Crippen LogP contribution is -3.00. The average Bonchev–Trinajstić information content (AvgIpc) is 2.74. The van der Waals surface area contributed by atoms with E-state index in [9.17, 15) is 4.79 Å². The van der Waals surface area contributed by atoms with Crippen molar-refractivity contribution < 1.29 is 26.5 Å². The van der Waals surface area contributed by atoms with Crippen molar-refractivity contribution in [2.75, 3.05) is 20.7 Å². The Hall–Kier alpha value is -1.62. The second-order valence-corrected chi connectivity index (χ2v) is 3.76. The molecular weight excluding hydrogens is 296 g/mol. The molecule has 0 N–H and O–H groups in total. The van der Waals surface area contributed by atoms with Crippen molar-refractivity contribution >= 4 is 5.78 Å². The second-order valence-electron chi connectivity index (χ2n) is 3.76. The van der Waals surface area contributed by atoms with E-state index in [1.165, 1.54) is 0 Å². The van der Waals surface area contributed by atoms with E-state index in [1.54, 1.807) is 29.0 Å². The number of halogens is 1. The van der Waals surface area contributed by atoms with Crippen LogP contribution in [0.15, 0.2) is 36.7 Å². The van der Waals surface area contributed by atoms with Crippen LogP contribution in [0.2, 0.25) is 0 Å². The van der Waals surface area contributed by atoms with Gasteiger partial charge in [0.2, 0.25) is 0 Å². The van der Waals surface area contributed by atoms with Crippen LogP contribution in [0, 0.1) is 6.67 Å². The maximum absolute atomic E-state index is 12.1. The highest BCUT2D eigenvalue weighted by Crippen LogP contribution is 2.19. The number of para-hydroxylation sites is 1. The number of hydrogen-bond donors (Lipinski definition) is 0. The van der Waals surface area contributed by atoms with Crippen molar-refractivity contribution in [2.45, 2.75) is 0 Å². The minimum absolute atomic E-state index is 0. The average molecular weight is 310 g/mol. The van der Waals surface area contributed by atoms with Gasteiger partial charge in [-0.25, -0.2) is 0 Å². The lowest BCUT2D eigenvalue weighted by molar-refractivity contribution is -0.0000120. The third-order valence-electron chi connectivity index (χ3n) is 2.48. The molecule has 1 aromatic carbocycles. The SMILES string of the molecule is COc1ccccc1C(=O)CN1[C+]N(C)C=C1.[Br-]. The fourth-order valence-electron chi connectivity index (χ4n) is 1.65. The van der Waals surface area contributed by atoms with Crippen LogP contribution >= 0.6 is 0 Å². The monoisotopic (exact) mass is 309 g/mol. The molecule has 0 saturated carbocycles. The van der Waals surface area contributed by atoms with Crippen molar-refractivity contribution in [3.63, 3.8) is 0 Å². The zero-order chi connectivity index (χ0) is 12.3. The molecule has 1 radical (unpaired) electrons. The van der Waals surface area contributed by atoms with Gasteiger partial charge in [0.15, 0.2) is 5.78 Å². The summed E-state index contributed by atoms with van der Waals surface area (Å²) >= 11 is 0. The molecule has 0 unspecified atom stereocenters. The van der Waals surface area contributed by atoms with E-state index in [4.69, 9.17) is 4.74 Å². The number of methoxy groups -OCH3 is 1. The van der Waals surface area contributed by atoms with Crippen molar-refractivity contribution in [3.8, 4) is 5.75 Å². The van der Waals surface area contributed by atoms with Crippen molar-refractivity contribution in [2.24, 2.45) is 0 Å². The van der Waals surface area contributed by atoms with Gasteiger partial charge in [-0.3, -0.25) is 4.79 Å². The minimum atomic E-state index is 0. The summed E-state index contributed by atoms with van der Waals surface area (Å²) in [4.78, 5) is 15.6. The van der Waals surface area contributed by atoms with Gasteiger partial charge in [0.05, 0.1) is 32.1 Å². The number of benzene rings is 1. The number of hydrogen-bond acceptors (Lipinski definition) is 4. The highest BCUT2D eigenvalue weighted by atomic mass is 79.9. The quantitative estimate of drug-likeness (QED) is 0.506. The van der Waals surface area contributed by atoms with Gasteiger partial charge in [0.1, 0.15) is 12.3 Å². The fraction of sp³-hybridized carbons (Fsp3) is 0.231. The summed E-state index contributed by atoms with van der Waals surface area (Å²) in [5.41, 5.74) is 0.597. The van der Waals surface area contributed by atoms with Gasteiger partial charge in [-0.1, -0.05) is 12.1 Å². The van der Waals surface area contributed by atoms with E-state index in [0.29, 0.717) is 11.3 Å². The Bertz CT molecular complexity index is 448. The van der Waals surface area contributed by atoms with Crippen LogP contribution in [0.3, 0.4) is 0 Å². The van der Waals surface area contributed by atoms with Crippen LogP contribution in [0.4, 0.5) is 0 Å². The lowest BCUT2D eigenvalue weighted by Gasteiger charge is -2.07. The Balaban J connectivity index is 0.00000162. The predicted molar refractivity (Wildman–Crippen MR) is 64.2 cm³/mol. The minimum Gasteiger partial charge on any atom is -1.00 e. The lowest BCUT2D eigenvalue weighted by atomic mass is 10.1. The Kier molecular flexibility index (Phi) is 5.09. The Morgan fingerprint density at radius 1 is 1.33 bits per heavy atom. The number of carbonyl (C=O) groups excluding carboxylic acids is 1. The summed E-state index contributed by atoms with van der Waals surface area (Å²) < 4.78 is 5.16. The number of rotatable bonds is 4. The maximum atomic E-state index is 12.1. The van der Waals surface area contributed by atoms with E-state index < -0.39 is 0 Å². The fourth-order valence-corrected chi connectivity index (χ4v) is 1.65. The maximum Gasteiger partial charge on any atom is 0.564 e. The molecule has 95 valence electrons. The zero-order valence-corrected chi connectivity index (χ0v) is 11.8. The summed E-state index contributed by atoms with van der Waals surface area (Å²) in [6, 6.07) is 7.23. The van der Waals surface area contributed by atoms with Crippen LogP contribution < -0.4 is 21.7 Å². The zero-order valence-electron chi connectivity index (χ0n) is 10.3. The van der Waals surface area contributed by atoms with Crippen LogP contribution in [0.1, 0.15) is 10.4 Å². The predicted octanol–water partition coefficient (Wildman–Crippen LogP) is -1.40. The first-order valence-electron chi connectivity index (χ1n) is 5.31. The molecule has 0 amide bonds. The van der Waals surface area contributed by atoms with Crippen LogP contribution in [-0.2, 0) is 0 Å². The van der Waals surface area contributed by atoms with Gasteiger partial charge in [0, 0.05) is 0 Å². The van der Waals surface area contributed by atoms with Gasteiger partial charge in [-0.15, -0.1) is 9.80 Å². The van der Waals surface area contributed by atoms with Crippen LogP contribution in [-0.4, -0.2) is 36.3 Å². The molecule has 0 aromatic heterocycles. The van der Waals surface area contributed by atoms with E-state index in [0.717, 1.165) is 0 Å². The largest absolute Gasteiger partial charge is 1.00 e. The van der Waals surface area contributed by atoms with Crippen LogP contribution in [0.25, 0.3) is 0 Å². The third kappa shape index (κ3) is 3.20. The van der Waals surface area contributed by atoms with Gasteiger partial charge in [-0.2, -0.15) is 0 Å². The molecule has 1 aromatic rings. The van der Waals surface area contributed by atoms with E-state index in [2.05, 4.69) is 6.67 Å². The molecule has 18 heavy (non-hydrogen) atoms. The Labute approximate surface area is 118 Å². The van der Waals surface area contributed by atoms with Crippen molar-refractivity contribution in [1.82, 2.24) is 9.80 Å². The molecule has 1 aliphatic rings. The Morgan fingerprint density at radius 3 is 2.67 bits per heavy atom. The first-order chi connectivity index (χ1) is 8.20. The Morgan fingerprint density at radius 2 is 2.06 bits per heavy atom. The molecule has 0 spiro atoms. The molecule has 2 rings (SSSR count). The summed E-state index contributed by atoms with van der Waals surface area (Å²) in [6.07, 6.45) is 3.66. The molecule has 0 atom stereocenters. The van der Waals surface area contributed by atoms with Gasteiger partial charge >= 0.3 is 6.67 Å². The smallest absolute Gasteiger partial charge is 0.564 e. The van der Waals surface area contributed by atoms with Gasteiger partial charge < -0.3 is 21.7 Å². The number of ether oxygens (including phenoxy) is 1. The molecule has 5 heteroatoms. The standard InChI is InChI=1S/C13H14N2O2.BrH/c1-14-7-8-15(10-14)9-12(16)11-5-3-4-6-13(11)17-2;/h3-8H,9H2,1-2H3;1H/q+1;/p-1. The molecule has 1 heterocycles. The molecule has 0 aliphatic carbocycles. The van der Waals surface area contributed by atoms with E-state index in [-0.39, 0.29) is 29.3 Å². The number of carbonyl (C=O) groups is 1.